The van der Waals surface area contributed by atoms with E-state index in [1.807, 2.05) is 66.9 Å². The first-order chi connectivity index (χ1) is 16.5. The van der Waals surface area contributed by atoms with E-state index in [0.29, 0.717) is 22.5 Å². The molecule has 0 spiro atoms. The molecule has 0 bridgehead atoms. The van der Waals surface area contributed by atoms with Crippen molar-refractivity contribution in [2.45, 2.75) is 31.5 Å². The molecule has 1 aliphatic rings. The van der Waals surface area contributed by atoms with E-state index in [9.17, 15) is 15.0 Å². The molecule has 4 atom stereocenters. The Morgan fingerprint density at radius 2 is 1.74 bits per heavy atom. The smallest absolute Gasteiger partial charge is 0.243 e. The number of benzene rings is 2. The van der Waals surface area contributed by atoms with Gasteiger partial charge >= 0.3 is 0 Å². The molecule has 174 valence electrons. The van der Waals surface area contributed by atoms with Gasteiger partial charge in [-0.1, -0.05) is 48.5 Å². The van der Waals surface area contributed by atoms with Gasteiger partial charge in [-0.15, -0.1) is 0 Å². The summed E-state index contributed by atoms with van der Waals surface area (Å²) in [5, 5.41) is 27.5. The Morgan fingerprint density at radius 3 is 2.41 bits per heavy atom. The van der Waals surface area contributed by atoms with Crippen LogP contribution in [0.15, 0.2) is 73.2 Å². The van der Waals surface area contributed by atoms with Crippen LogP contribution in [0.2, 0.25) is 0 Å². The third-order valence-electron chi connectivity index (χ3n) is 5.92. The summed E-state index contributed by atoms with van der Waals surface area (Å²) in [4.78, 5) is 21.3. The maximum Gasteiger partial charge on any atom is 0.243 e. The highest BCUT2D eigenvalue weighted by molar-refractivity contribution is 6.02. The standard InChI is InChI=1S/C25H25N5O4/c1-15-21(32)22(33)25(34-15)30-13-18(16-8-4-2-5-9-16)20-23(27-14-28-24(20)30)26-12-19(31)29-17-10-6-3-7-11-17/h2-11,13-15,21-22,25,32-33H,12H2,1H3,(H,29,31)(H,26,27,28)/t15-,21-,22-,25-/m1/s1. The maximum absolute atomic E-state index is 12.5. The normalized spacial score (nSPS) is 22.1. The number of carbonyl (C=O) groups excluding carboxylic acids is 1. The van der Waals surface area contributed by atoms with Gasteiger partial charge < -0.3 is 30.2 Å². The minimum absolute atomic E-state index is 0.00127. The largest absolute Gasteiger partial charge is 0.388 e. The van der Waals surface area contributed by atoms with Crippen LogP contribution in [0, 0.1) is 0 Å². The average molecular weight is 460 g/mol. The number of para-hydroxylation sites is 1. The number of fused-ring (bicyclic) bond motifs is 1. The quantitative estimate of drug-likeness (QED) is 0.350. The van der Waals surface area contributed by atoms with Crippen LogP contribution in [0.3, 0.4) is 0 Å². The van der Waals surface area contributed by atoms with Crippen molar-refractivity contribution in [3.8, 4) is 11.1 Å². The van der Waals surface area contributed by atoms with Gasteiger partial charge in [-0.2, -0.15) is 0 Å². The Morgan fingerprint density at radius 1 is 1.03 bits per heavy atom. The van der Waals surface area contributed by atoms with Crippen molar-refractivity contribution in [2.24, 2.45) is 0 Å². The van der Waals surface area contributed by atoms with Crippen LogP contribution in [0.25, 0.3) is 22.2 Å². The number of hydrogen-bond donors (Lipinski definition) is 4. The predicted molar refractivity (Wildman–Crippen MR) is 128 cm³/mol. The summed E-state index contributed by atoms with van der Waals surface area (Å²) in [6.45, 7) is 1.71. The van der Waals surface area contributed by atoms with E-state index in [2.05, 4.69) is 20.6 Å². The van der Waals surface area contributed by atoms with Crippen molar-refractivity contribution in [3.05, 3.63) is 73.2 Å². The summed E-state index contributed by atoms with van der Waals surface area (Å²) in [5.41, 5.74) is 2.95. The average Bonchev–Trinajstić information content (AvgIpc) is 3.37. The minimum atomic E-state index is -1.11. The van der Waals surface area contributed by atoms with Crippen LogP contribution in [0.5, 0.6) is 0 Å². The van der Waals surface area contributed by atoms with Crippen LogP contribution in [-0.2, 0) is 9.53 Å². The molecular weight excluding hydrogens is 434 g/mol. The van der Waals surface area contributed by atoms with Gasteiger partial charge in [0.15, 0.2) is 6.23 Å². The third kappa shape index (κ3) is 4.12. The Bertz CT molecular complexity index is 1290. The summed E-state index contributed by atoms with van der Waals surface area (Å²) in [6.07, 6.45) is -0.233. The molecule has 0 aliphatic carbocycles. The molecule has 1 fully saturated rings. The molecule has 0 unspecified atom stereocenters. The number of ether oxygens (including phenoxy) is 1. The van der Waals surface area contributed by atoms with Gasteiger partial charge in [-0.05, 0) is 24.6 Å². The lowest BCUT2D eigenvalue weighted by Gasteiger charge is -2.17. The molecule has 2 aromatic heterocycles. The van der Waals surface area contributed by atoms with Gasteiger partial charge in [0.2, 0.25) is 5.91 Å². The Labute approximate surface area is 196 Å². The first-order valence-electron chi connectivity index (χ1n) is 11.0. The summed E-state index contributed by atoms with van der Waals surface area (Å²) in [7, 11) is 0. The number of nitrogens with zero attached hydrogens (tertiary/aromatic N) is 3. The molecule has 9 nitrogen and oxygen atoms in total. The zero-order valence-corrected chi connectivity index (χ0v) is 18.5. The monoisotopic (exact) mass is 459 g/mol. The van der Waals surface area contributed by atoms with Gasteiger partial charge in [0.25, 0.3) is 0 Å². The molecule has 0 saturated carbocycles. The third-order valence-corrected chi connectivity index (χ3v) is 5.92. The van der Waals surface area contributed by atoms with Crippen molar-refractivity contribution in [3.63, 3.8) is 0 Å². The number of nitrogens with one attached hydrogen (secondary N) is 2. The molecule has 9 heteroatoms. The number of amides is 1. The van der Waals surface area contributed by atoms with E-state index in [-0.39, 0.29) is 12.5 Å². The maximum atomic E-state index is 12.5. The number of anilines is 2. The topological polar surface area (TPSA) is 122 Å². The highest BCUT2D eigenvalue weighted by Crippen LogP contribution is 2.38. The number of aliphatic hydroxyl groups is 2. The number of aliphatic hydroxyl groups excluding tert-OH is 2. The molecule has 1 amide bonds. The van der Waals surface area contributed by atoms with Gasteiger partial charge in [0, 0.05) is 17.4 Å². The fourth-order valence-electron chi connectivity index (χ4n) is 4.20. The van der Waals surface area contributed by atoms with Crippen LogP contribution in [-0.4, -0.2) is 55.5 Å². The zero-order valence-electron chi connectivity index (χ0n) is 18.5. The SMILES string of the molecule is C[C@H]1O[C@@H](n2cc(-c3ccccc3)c3c(NCC(=O)Nc4ccccc4)ncnc32)[C@H](O)[C@@H]1O. The lowest BCUT2D eigenvalue weighted by molar-refractivity contribution is -0.114. The minimum Gasteiger partial charge on any atom is -0.388 e. The van der Waals surface area contributed by atoms with Gasteiger partial charge in [-0.3, -0.25) is 4.79 Å². The second kappa shape index (κ2) is 9.22. The lowest BCUT2D eigenvalue weighted by Crippen LogP contribution is -2.30. The fourth-order valence-corrected chi connectivity index (χ4v) is 4.20. The van der Waals surface area contributed by atoms with Crippen LogP contribution >= 0.6 is 0 Å². The molecule has 4 N–H and O–H groups in total. The molecule has 34 heavy (non-hydrogen) atoms. The van der Waals surface area contributed by atoms with E-state index in [1.165, 1.54) is 6.33 Å². The van der Waals surface area contributed by atoms with E-state index >= 15 is 0 Å². The number of aromatic nitrogens is 3. The van der Waals surface area contributed by atoms with Gasteiger partial charge in [0.1, 0.15) is 30.0 Å². The van der Waals surface area contributed by atoms with Crippen molar-refractivity contribution < 1.29 is 19.7 Å². The second-order valence-corrected chi connectivity index (χ2v) is 8.22. The van der Waals surface area contributed by atoms with Gasteiger partial charge in [0.05, 0.1) is 18.0 Å². The lowest BCUT2D eigenvalue weighted by atomic mass is 10.1. The molecule has 1 saturated heterocycles. The molecule has 2 aromatic carbocycles. The molecule has 1 aliphatic heterocycles. The van der Waals surface area contributed by atoms with E-state index in [1.54, 1.807) is 11.5 Å². The summed E-state index contributed by atoms with van der Waals surface area (Å²) < 4.78 is 7.57. The number of hydrogen-bond acceptors (Lipinski definition) is 7. The summed E-state index contributed by atoms with van der Waals surface area (Å²) >= 11 is 0. The van der Waals surface area contributed by atoms with E-state index in [0.717, 1.165) is 11.1 Å². The van der Waals surface area contributed by atoms with Crippen molar-refractivity contribution in [1.29, 1.82) is 0 Å². The van der Waals surface area contributed by atoms with Crippen molar-refractivity contribution in [2.75, 3.05) is 17.2 Å². The van der Waals surface area contributed by atoms with E-state index < -0.39 is 24.5 Å². The van der Waals surface area contributed by atoms with Crippen molar-refractivity contribution >= 4 is 28.4 Å². The number of carbonyl (C=O) groups is 1. The van der Waals surface area contributed by atoms with E-state index in [4.69, 9.17) is 4.74 Å². The van der Waals surface area contributed by atoms with Crippen molar-refractivity contribution in [1.82, 2.24) is 14.5 Å². The highest BCUT2D eigenvalue weighted by Gasteiger charge is 2.42. The summed E-state index contributed by atoms with van der Waals surface area (Å²) in [5.74, 6) is 0.261. The molecule has 0 radical (unpaired) electrons. The van der Waals surface area contributed by atoms with Crippen LogP contribution < -0.4 is 10.6 Å². The molecule has 4 aromatic rings. The predicted octanol–water partition coefficient (Wildman–Crippen LogP) is 2.79. The Hall–Kier alpha value is -3.79. The summed E-state index contributed by atoms with van der Waals surface area (Å²) in [6, 6.07) is 18.9. The molecule has 5 rings (SSSR count). The molecule has 3 heterocycles. The highest BCUT2D eigenvalue weighted by atomic mass is 16.6. The zero-order chi connectivity index (χ0) is 23.7. The molecular formula is C25H25N5O4. The first kappa shape index (κ1) is 22.0. The fraction of sp³-hybridized carbons (Fsp3) is 0.240. The Balaban J connectivity index is 1.51. The Kier molecular flexibility index (Phi) is 5.97. The van der Waals surface area contributed by atoms with Crippen LogP contribution in [0.4, 0.5) is 11.5 Å². The van der Waals surface area contributed by atoms with Gasteiger partial charge in [-0.25, -0.2) is 9.97 Å². The number of rotatable bonds is 6. The second-order valence-electron chi connectivity index (χ2n) is 8.22. The first-order valence-corrected chi connectivity index (χ1v) is 11.0. The van der Waals surface area contributed by atoms with Crippen LogP contribution in [0.1, 0.15) is 13.2 Å².